The van der Waals surface area contributed by atoms with Gasteiger partial charge in [0.1, 0.15) is 5.60 Å². The van der Waals surface area contributed by atoms with Crippen molar-refractivity contribution in [3.05, 3.63) is 30.1 Å². The van der Waals surface area contributed by atoms with E-state index >= 15 is 0 Å². The van der Waals surface area contributed by atoms with Gasteiger partial charge in [0.25, 0.3) is 0 Å². The maximum absolute atomic E-state index is 12.3. The van der Waals surface area contributed by atoms with Gasteiger partial charge < -0.3 is 4.74 Å². The second-order valence-electron chi connectivity index (χ2n) is 5.94. The third kappa shape index (κ3) is 3.69. The van der Waals surface area contributed by atoms with Gasteiger partial charge in [-0.25, -0.2) is 4.79 Å². The van der Waals surface area contributed by atoms with Crippen molar-refractivity contribution in [1.29, 1.82) is 0 Å². The number of likely N-dealkylation sites (tertiary alicyclic amines) is 1. The van der Waals surface area contributed by atoms with Gasteiger partial charge in [-0.3, -0.25) is 9.88 Å². The molecule has 1 atom stereocenters. The summed E-state index contributed by atoms with van der Waals surface area (Å²) in [6.45, 7) is 6.43. The molecule has 2 heterocycles. The van der Waals surface area contributed by atoms with Gasteiger partial charge in [-0.1, -0.05) is 6.07 Å². The highest BCUT2D eigenvalue weighted by Crippen LogP contribution is 2.30. The summed E-state index contributed by atoms with van der Waals surface area (Å²) in [5, 5.41) is 0. The van der Waals surface area contributed by atoms with Gasteiger partial charge in [0.05, 0.1) is 11.7 Å². The molecular formula is C15H22N2O2. The van der Waals surface area contributed by atoms with Crippen molar-refractivity contribution in [2.45, 2.75) is 51.7 Å². The lowest BCUT2D eigenvalue weighted by molar-refractivity contribution is 0.00901. The van der Waals surface area contributed by atoms with Crippen LogP contribution in [0.25, 0.3) is 0 Å². The summed E-state index contributed by atoms with van der Waals surface area (Å²) in [4.78, 5) is 18.5. The van der Waals surface area contributed by atoms with Gasteiger partial charge in [0.2, 0.25) is 0 Å². The number of piperidine rings is 1. The van der Waals surface area contributed by atoms with Gasteiger partial charge in [-0.05, 0) is 52.2 Å². The molecule has 19 heavy (non-hydrogen) atoms. The van der Waals surface area contributed by atoms with Gasteiger partial charge in [0, 0.05) is 12.7 Å². The Bertz CT molecular complexity index is 426. The van der Waals surface area contributed by atoms with Crippen molar-refractivity contribution < 1.29 is 9.53 Å². The third-order valence-corrected chi connectivity index (χ3v) is 3.16. The minimum absolute atomic E-state index is 0.0461. The monoisotopic (exact) mass is 262 g/mol. The molecule has 1 aliphatic heterocycles. The standard InChI is InChI=1S/C15H22N2O2/c1-15(2,3)19-14(18)17-11-7-5-9-13(17)12-8-4-6-10-16-12/h4,6,8,10,13H,5,7,9,11H2,1-3H3. The summed E-state index contributed by atoms with van der Waals surface area (Å²) in [5.74, 6) is 0. The molecule has 0 aromatic carbocycles. The fourth-order valence-corrected chi connectivity index (χ4v) is 2.35. The molecule has 4 nitrogen and oxygen atoms in total. The summed E-state index contributed by atoms with van der Waals surface area (Å²) in [6, 6.07) is 5.88. The second-order valence-corrected chi connectivity index (χ2v) is 5.94. The highest BCUT2D eigenvalue weighted by atomic mass is 16.6. The Kier molecular flexibility index (Phi) is 4.08. The maximum Gasteiger partial charge on any atom is 0.410 e. The summed E-state index contributed by atoms with van der Waals surface area (Å²) in [5.41, 5.74) is 0.497. The first-order chi connectivity index (χ1) is 8.97. The minimum atomic E-state index is -0.455. The molecular weight excluding hydrogens is 240 g/mol. The average Bonchev–Trinajstić information content (AvgIpc) is 2.38. The first-order valence-corrected chi connectivity index (χ1v) is 6.88. The van der Waals surface area contributed by atoms with E-state index in [1.807, 2.05) is 43.9 Å². The predicted octanol–water partition coefficient (Wildman–Crippen LogP) is 3.54. The van der Waals surface area contributed by atoms with Crippen LogP contribution in [0.2, 0.25) is 0 Å². The van der Waals surface area contributed by atoms with Crippen LogP contribution in [-0.2, 0) is 4.74 Å². The van der Waals surface area contributed by atoms with Crippen LogP contribution in [0.1, 0.15) is 51.8 Å². The Morgan fingerprint density at radius 2 is 2.16 bits per heavy atom. The molecule has 1 saturated heterocycles. The van der Waals surface area contributed by atoms with Gasteiger partial charge in [-0.15, -0.1) is 0 Å². The van der Waals surface area contributed by atoms with Crippen LogP contribution in [0, 0.1) is 0 Å². The second kappa shape index (κ2) is 5.59. The van der Waals surface area contributed by atoms with Gasteiger partial charge in [-0.2, -0.15) is 0 Å². The first-order valence-electron chi connectivity index (χ1n) is 6.88. The van der Waals surface area contributed by atoms with E-state index in [0.29, 0.717) is 0 Å². The van der Waals surface area contributed by atoms with Crippen molar-refractivity contribution in [2.24, 2.45) is 0 Å². The Morgan fingerprint density at radius 3 is 2.79 bits per heavy atom. The number of carbonyl (C=O) groups excluding carboxylic acids is 1. The highest BCUT2D eigenvalue weighted by Gasteiger charge is 2.31. The van der Waals surface area contributed by atoms with Crippen molar-refractivity contribution in [3.8, 4) is 0 Å². The fraction of sp³-hybridized carbons (Fsp3) is 0.600. The van der Waals surface area contributed by atoms with E-state index in [-0.39, 0.29) is 12.1 Å². The molecule has 1 amide bonds. The largest absolute Gasteiger partial charge is 0.444 e. The van der Waals surface area contributed by atoms with Crippen LogP contribution in [0.3, 0.4) is 0 Å². The zero-order valence-electron chi connectivity index (χ0n) is 11.9. The lowest BCUT2D eigenvalue weighted by Crippen LogP contribution is -2.42. The summed E-state index contributed by atoms with van der Waals surface area (Å²) in [6.07, 6.45) is 4.65. The topological polar surface area (TPSA) is 42.4 Å². The number of rotatable bonds is 1. The number of pyridine rings is 1. The molecule has 1 fully saturated rings. The van der Waals surface area contributed by atoms with Crippen LogP contribution < -0.4 is 0 Å². The maximum atomic E-state index is 12.3. The molecule has 1 aromatic heterocycles. The molecule has 0 spiro atoms. The van der Waals surface area contributed by atoms with Crippen LogP contribution >= 0.6 is 0 Å². The highest BCUT2D eigenvalue weighted by molar-refractivity contribution is 5.69. The Balaban J connectivity index is 2.15. The predicted molar refractivity (Wildman–Crippen MR) is 73.8 cm³/mol. The number of ether oxygens (including phenoxy) is 1. The van der Waals surface area contributed by atoms with E-state index in [9.17, 15) is 4.79 Å². The molecule has 1 unspecified atom stereocenters. The van der Waals surface area contributed by atoms with Crippen molar-refractivity contribution in [1.82, 2.24) is 9.88 Å². The van der Waals surface area contributed by atoms with E-state index in [2.05, 4.69) is 4.98 Å². The average molecular weight is 262 g/mol. The molecule has 0 radical (unpaired) electrons. The number of hydrogen-bond donors (Lipinski definition) is 0. The van der Waals surface area contributed by atoms with Gasteiger partial charge in [0.15, 0.2) is 0 Å². The Morgan fingerprint density at radius 1 is 1.37 bits per heavy atom. The van der Waals surface area contributed by atoms with E-state index < -0.39 is 5.60 Å². The summed E-state index contributed by atoms with van der Waals surface area (Å²) in [7, 11) is 0. The SMILES string of the molecule is CC(C)(C)OC(=O)N1CCCCC1c1ccccn1. The lowest BCUT2D eigenvalue weighted by Gasteiger charge is -2.36. The van der Waals surface area contributed by atoms with E-state index in [1.165, 1.54) is 0 Å². The Hall–Kier alpha value is -1.58. The fourth-order valence-electron chi connectivity index (χ4n) is 2.35. The quantitative estimate of drug-likeness (QED) is 0.777. The summed E-state index contributed by atoms with van der Waals surface area (Å²) < 4.78 is 5.49. The van der Waals surface area contributed by atoms with Crippen LogP contribution in [0.5, 0.6) is 0 Å². The first kappa shape index (κ1) is 13.8. The molecule has 4 heteroatoms. The van der Waals surface area contributed by atoms with Crippen molar-refractivity contribution >= 4 is 6.09 Å². The van der Waals surface area contributed by atoms with Gasteiger partial charge >= 0.3 is 6.09 Å². The molecule has 0 N–H and O–H groups in total. The molecule has 0 bridgehead atoms. The zero-order chi connectivity index (χ0) is 13.9. The number of amides is 1. The smallest absolute Gasteiger partial charge is 0.410 e. The number of aromatic nitrogens is 1. The number of carbonyl (C=O) groups is 1. The van der Waals surface area contributed by atoms with E-state index in [4.69, 9.17) is 4.74 Å². The van der Waals surface area contributed by atoms with E-state index in [0.717, 1.165) is 31.5 Å². The number of nitrogens with zero attached hydrogens (tertiary/aromatic N) is 2. The molecule has 0 saturated carbocycles. The lowest BCUT2D eigenvalue weighted by atomic mass is 9.99. The molecule has 1 aromatic rings. The minimum Gasteiger partial charge on any atom is -0.444 e. The molecule has 1 aliphatic rings. The molecule has 2 rings (SSSR count). The molecule has 104 valence electrons. The van der Waals surface area contributed by atoms with E-state index in [1.54, 1.807) is 6.20 Å². The zero-order valence-corrected chi connectivity index (χ0v) is 11.9. The summed E-state index contributed by atoms with van der Waals surface area (Å²) >= 11 is 0. The third-order valence-electron chi connectivity index (χ3n) is 3.16. The van der Waals surface area contributed by atoms with Crippen LogP contribution in [0.15, 0.2) is 24.4 Å². The van der Waals surface area contributed by atoms with Crippen molar-refractivity contribution in [3.63, 3.8) is 0 Å². The normalized spacial score (nSPS) is 20.2. The van der Waals surface area contributed by atoms with Crippen LogP contribution in [0.4, 0.5) is 4.79 Å². The van der Waals surface area contributed by atoms with Crippen LogP contribution in [-0.4, -0.2) is 28.1 Å². The van der Waals surface area contributed by atoms with Crippen molar-refractivity contribution in [2.75, 3.05) is 6.54 Å². The molecule has 0 aliphatic carbocycles. The Labute approximate surface area is 114 Å². The number of hydrogen-bond acceptors (Lipinski definition) is 3.